The summed E-state index contributed by atoms with van der Waals surface area (Å²) in [6.45, 7) is 3.95. The highest BCUT2D eigenvalue weighted by Crippen LogP contribution is 2.35. The van der Waals surface area contributed by atoms with E-state index in [2.05, 4.69) is 17.1 Å². The summed E-state index contributed by atoms with van der Waals surface area (Å²) in [5, 5.41) is 4.66. The SMILES string of the molecule is Cc1noc2ncc(C(=O)N(C)[C@@H](C)C3CC3)cc12. The van der Waals surface area contributed by atoms with Crippen LogP contribution in [0, 0.1) is 12.8 Å². The van der Waals surface area contributed by atoms with Gasteiger partial charge in [-0.15, -0.1) is 0 Å². The van der Waals surface area contributed by atoms with Crippen LogP contribution in [0.2, 0.25) is 0 Å². The van der Waals surface area contributed by atoms with Gasteiger partial charge in [-0.1, -0.05) is 5.16 Å². The average molecular weight is 259 g/mol. The Morgan fingerprint density at radius 3 is 2.95 bits per heavy atom. The number of aryl methyl sites for hydroxylation is 1. The number of rotatable bonds is 3. The van der Waals surface area contributed by atoms with E-state index in [0.29, 0.717) is 17.2 Å². The van der Waals surface area contributed by atoms with Crippen LogP contribution in [0.15, 0.2) is 16.8 Å². The Morgan fingerprint density at radius 1 is 1.53 bits per heavy atom. The molecule has 0 unspecified atom stereocenters. The van der Waals surface area contributed by atoms with Crippen molar-refractivity contribution in [2.24, 2.45) is 5.92 Å². The fourth-order valence-corrected chi connectivity index (χ4v) is 2.35. The Hall–Kier alpha value is -1.91. The summed E-state index contributed by atoms with van der Waals surface area (Å²) in [4.78, 5) is 18.4. The maximum absolute atomic E-state index is 12.4. The second kappa shape index (κ2) is 4.33. The molecule has 1 saturated carbocycles. The number of hydrogen-bond acceptors (Lipinski definition) is 4. The number of hydrogen-bond donors (Lipinski definition) is 0. The zero-order chi connectivity index (χ0) is 13.6. The standard InChI is InChI=1S/C14H17N3O2/c1-8-12-6-11(7-15-13(12)19-16-8)14(18)17(3)9(2)10-4-5-10/h6-7,9-10H,4-5H2,1-3H3/t9-/m0/s1. The average Bonchev–Trinajstić information content (AvgIpc) is 3.21. The Morgan fingerprint density at radius 2 is 2.26 bits per heavy atom. The van der Waals surface area contributed by atoms with E-state index < -0.39 is 0 Å². The third kappa shape index (κ3) is 2.09. The van der Waals surface area contributed by atoms with Gasteiger partial charge in [0.05, 0.1) is 16.6 Å². The zero-order valence-electron chi connectivity index (χ0n) is 11.4. The molecule has 19 heavy (non-hydrogen) atoms. The molecule has 3 rings (SSSR count). The molecule has 2 aromatic rings. The monoisotopic (exact) mass is 259 g/mol. The molecule has 0 radical (unpaired) electrons. The minimum absolute atomic E-state index is 0.00870. The minimum Gasteiger partial charge on any atom is -0.339 e. The van der Waals surface area contributed by atoms with E-state index >= 15 is 0 Å². The van der Waals surface area contributed by atoms with Gasteiger partial charge in [-0.3, -0.25) is 4.79 Å². The molecule has 1 aliphatic rings. The molecule has 0 N–H and O–H groups in total. The molecule has 5 heteroatoms. The Kier molecular flexibility index (Phi) is 2.77. The first kappa shape index (κ1) is 12.1. The van der Waals surface area contributed by atoms with Crippen molar-refractivity contribution in [3.63, 3.8) is 0 Å². The largest absolute Gasteiger partial charge is 0.339 e. The Bertz CT molecular complexity index is 631. The number of aromatic nitrogens is 2. The Balaban J connectivity index is 1.89. The first-order chi connectivity index (χ1) is 9.08. The molecule has 2 heterocycles. The summed E-state index contributed by atoms with van der Waals surface area (Å²) in [6.07, 6.45) is 4.01. The van der Waals surface area contributed by atoms with Gasteiger partial charge in [0.25, 0.3) is 11.6 Å². The molecule has 1 amide bonds. The highest BCUT2D eigenvalue weighted by atomic mass is 16.5. The van der Waals surface area contributed by atoms with Crippen LogP contribution in [0.25, 0.3) is 11.1 Å². The first-order valence-corrected chi connectivity index (χ1v) is 6.57. The van der Waals surface area contributed by atoms with Crippen molar-refractivity contribution in [3.8, 4) is 0 Å². The van der Waals surface area contributed by atoms with Gasteiger partial charge < -0.3 is 9.42 Å². The van der Waals surface area contributed by atoms with Gasteiger partial charge in [-0.05, 0) is 38.7 Å². The predicted molar refractivity (Wildman–Crippen MR) is 70.8 cm³/mol. The van der Waals surface area contributed by atoms with Crippen LogP contribution in [0.4, 0.5) is 0 Å². The molecule has 2 aromatic heterocycles. The van der Waals surface area contributed by atoms with Crippen molar-refractivity contribution in [2.75, 3.05) is 7.05 Å². The second-order valence-corrected chi connectivity index (χ2v) is 5.34. The van der Waals surface area contributed by atoms with Crippen molar-refractivity contribution < 1.29 is 9.32 Å². The topological polar surface area (TPSA) is 59.2 Å². The summed E-state index contributed by atoms with van der Waals surface area (Å²) < 4.78 is 5.05. The van der Waals surface area contributed by atoms with E-state index in [1.165, 1.54) is 12.8 Å². The molecule has 5 nitrogen and oxygen atoms in total. The first-order valence-electron chi connectivity index (χ1n) is 6.57. The summed E-state index contributed by atoms with van der Waals surface area (Å²) in [7, 11) is 1.86. The molecule has 0 saturated heterocycles. The van der Waals surface area contributed by atoms with E-state index in [-0.39, 0.29) is 11.9 Å². The van der Waals surface area contributed by atoms with Gasteiger partial charge in [0.1, 0.15) is 0 Å². The van der Waals surface area contributed by atoms with Crippen molar-refractivity contribution in [3.05, 3.63) is 23.5 Å². The molecular formula is C14H17N3O2. The number of carbonyl (C=O) groups is 1. The van der Waals surface area contributed by atoms with Gasteiger partial charge in [0.15, 0.2) is 0 Å². The number of amides is 1. The van der Waals surface area contributed by atoms with Crippen LogP contribution >= 0.6 is 0 Å². The third-order valence-electron chi connectivity index (χ3n) is 3.99. The van der Waals surface area contributed by atoms with Crippen LogP contribution in [-0.4, -0.2) is 34.0 Å². The van der Waals surface area contributed by atoms with E-state index in [0.717, 1.165) is 11.1 Å². The highest BCUT2D eigenvalue weighted by Gasteiger charge is 2.32. The second-order valence-electron chi connectivity index (χ2n) is 5.34. The Labute approximate surface area is 111 Å². The lowest BCUT2D eigenvalue weighted by Crippen LogP contribution is -2.36. The summed E-state index contributed by atoms with van der Waals surface area (Å²) >= 11 is 0. The van der Waals surface area contributed by atoms with Crippen molar-refractivity contribution in [2.45, 2.75) is 32.7 Å². The lowest BCUT2D eigenvalue weighted by Gasteiger charge is -2.24. The van der Waals surface area contributed by atoms with Crippen LogP contribution in [-0.2, 0) is 0 Å². The summed E-state index contributed by atoms with van der Waals surface area (Å²) in [5.41, 5.74) is 1.83. The lowest BCUT2D eigenvalue weighted by atomic mass is 10.1. The lowest BCUT2D eigenvalue weighted by molar-refractivity contribution is 0.0727. The molecule has 0 aromatic carbocycles. The van der Waals surface area contributed by atoms with Crippen molar-refractivity contribution in [1.29, 1.82) is 0 Å². The van der Waals surface area contributed by atoms with Gasteiger partial charge in [-0.25, -0.2) is 4.98 Å². The molecule has 1 fully saturated rings. The molecule has 0 bridgehead atoms. The number of nitrogens with zero attached hydrogens (tertiary/aromatic N) is 3. The van der Waals surface area contributed by atoms with Crippen LogP contribution in [0.3, 0.4) is 0 Å². The van der Waals surface area contributed by atoms with Crippen molar-refractivity contribution >= 4 is 17.0 Å². The number of carbonyl (C=O) groups excluding carboxylic acids is 1. The molecule has 0 aliphatic heterocycles. The molecule has 0 spiro atoms. The normalized spacial score (nSPS) is 16.6. The fraction of sp³-hybridized carbons (Fsp3) is 0.500. The number of fused-ring (bicyclic) bond motifs is 1. The maximum atomic E-state index is 12.4. The van der Waals surface area contributed by atoms with Gasteiger partial charge in [0, 0.05) is 19.3 Å². The maximum Gasteiger partial charge on any atom is 0.257 e. The quantitative estimate of drug-likeness (QED) is 0.849. The van der Waals surface area contributed by atoms with Crippen molar-refractivity contribution in [1.82, 2.24) is 15.0 Å². The van der Waals surface area contributed by atoms with Gasteiger partial charge in [0.2, 0.25) is 0 Å². The third-order valence-corrected chi connectivity index (χ3v) is 3.99. The van der Waals surface area contributed by atoms with E-state index in [4.69, 9.17) is 4.52 Å². The molecule has 1 atom stereocenters. The highest BCUT2D eigenvalue weighted by molar-refractivity contribution is 5.97. The smallest absolute Gasteiger partial charge is 0.257 e. The van der Waals surface area contributed by atoms with E-state index in [9.17, 15) is 4.79 Å². The summed E-state index contributed by atoms with van der Waals surface area (Å²) in [6, 6.07) is 2.10. The van der Waals surface area contributed by atoms with Crippen LogP contribution < -0.4 is 0 Å². The molecule has 100 valence electrons. The molecule has 1 aliphatic carbocycles. The minimum atomic E-state index is 0.00870. The number of pyridine rings is 1. The summed E-state index contributed by atoms with van der Waals surface area (Å²) in [5.74, 6) is 0.664. The van der Waals surface area contributed by atoms with Crippen LogP contribution in [0.1, 0.15) is 35.8 Å². The fourth-order valence-electron chi connectivity index (χ4n) is 2.35. The predicted octanol–water partition coefficient (Wildman–Crippen LogP) is 2.40. The van der Waals surface area contributed by atoms with E-state index in [1.807, 2.05) is 24.9 Å². The molecular weight excluding hydrogens is 242 g/mol. The van der Waals surface area contributed by atoms with Gasteiger partial charge in [-0.2, -0.15) is 0 Å². The van der Waals surface area contributed by atoms with E-state index in [1.54, 1.807) is 6.20 Å². The van der Waals surface area contributed by atoms with Crippen LogP contribution in [0.5, 0.6) is 0 Å². The van der Waals surface area contributed by atoms with Gasteiger partial charge >= 0.3 is 0 Å². The zero-order valence-corrected chi connectivity index (χ0v) is 11.4.